The number of fused-ring (bicyclic) bond motifs is 1. The molecule has 0 spiro atoms. The molecule has 24 heavy (non-hydrogen) atoms. The molecule has 0 saturated heterocycles. The van der Waals surface area contributed by atoms with Gasteiger partial charge in [0, 0.05) is 6.42 Å². The Kier molecular flexibility index (Phi) is 5.46. The Hall–Kier alpha value is -1.32. The Labute approximate surface area is 145 Å². The van der Waals surface area contributed by atoms with E-state index in [1.165, 1.54) is 5.57 Å². The fourth-order valence-electron chi connectivity index (χ4n) is 5.59. The van der Waals surface area contributed by atoms with E-state index in [0.717, 1.165) is 44.9 Å². The first-order chi connectivity index (χ1) is 11.1. The molecule has 2 saturated carbocycles. The zero-order valence-electron chi connectivity index (χ0n) is 15.3. The zero-order chi connectivity index (χ0) is 18.1. The molecule has 0 bridgehead atoms. The van der Waals surface area contributed by atoms with Crippen molar-refractivity contribution in [2.75, 3.05) is 0 Å². The average molecular weight is 336 g/mol. The van der Waals surface area contributed by atoms with Crippen LogP contribution in [-0.2, 0) is 9.59 Å². The van der Waals surface area contributed by atoms with Crippen LogP contribution in [0.1, 0.15) is 72.1 Å². The van der Waals surface area contributed by atoms with Gasteiger partial charge in [-0.3, -0.25) is 9.59 Å². The lowest BCUT2D eigenvalue weighted by Crippen LogP contribution is -2.53. The molecule has 0 amide bonds. The number of hydrogen-bond acceptors (Lipinski definition) is 2. The van der Waals surface area contributed by atoms with Crippen molar-refractivity contribution in [2.45, 2.75) is 72.1 Å². The first kappa shape index (κ1) is 19.0. The van der Waals surface area contributed by atoms with Crippen LogP contribution in [0.2, 0.25) is 0 Å². The highest BCUT2D eigenvalue weighted by atomic mass is 16.4. The second kappa shape index (κ2) is 6.89. The third kappa shape index (κ3) is 3.38. The van der Waals surface area contributed by atoms with Gasteiger partial charge in [-0.2, -0.15) is 0 Å². The lowest BCUT2D eigenvalue weighted by Gasteiger charge is -2.57. The van der Waals surface area contributed by atoms with Gasteiger partial charge in [-0.25, -0.2) is 0 Å². The van der Waals surface area contributed by atoms with Gasteiger partial charge in [0.05, 0.1) is 5.41 Å². The molecular formula is C20H32O4. The van der Waals surface area contributed by atoms with Crippen molar-refractivity contribution >= 4 is 11.9 Å². The van der Waals surface area contributed by atoms with E-state index >= 15 is 0 Å². The van der Waals surface area contributed by atoms with Crippen molar-refractivity contribution in [2.24, 2.45) is 28.6 Å². The first-order valence-corrected chi connectivity index (χ1v) is 9.24. The van der Waals surface area contributed by atoms with Crippen LogP contribution in [0.3, 0.4) is 0 Å². The average Bonchev–Trinajstić information content (AvgIpc) is 2.45. The highest BCUT2D eigenvalue weighted by Gasteiger charge is 2.57. The van der Waals surface area contributed by atoms with Crippen LogP contribution in [0.5, 0.6) is 0 Å². The Balaban J connectivity index is 2.19. The zero-order valence-corrected chi connectivity index (χ0v) is 15.3. The van der Waals surface area contributed by atoms with E-state index in [4.69, 9.17) is 5.11 Å². The van der Waals surface area contributed by atoms with Gasteiger partial charge < -0.3 is 10.2 Å². The number of carboxylic acid groups (broad SMARTS) is 2. The third-order valence-electron chi connectivity index (χ3n) is 6.98. The number of carbonyl (C=O) groups is 2. The van der Waals surface area contributed by atoms with Crippen molar-refractivity contribution in [1.29, 1.82) is 0 Å². The molecule has 0 unspecified atom stereocenters. The summed E-state index contributed by atoms with van der Waals surface area (Å²) in [5.41, 5.74) is 0.577. The van der Waals surface area contributed by atoms with Gasteiger partial charge in [0.25, 0.3) is 0 Å². The molecule has 0 aliphatic heterocycles. The maximum Gasteiger partial charge on any atom is 0.309 e. The van der Waals surface area contributed by atoms with Crippen molar-refractivity contribution in [1.82, 2.24) is 0 Å². The van der Waals surface area contributed by atoms with E-state index in [0.29, 0.717) is 5.92 Å². The summed E-state index contributed by atoms with van der Waals surface area (Å²) in [5.74, 6) is -0.768. The molecule has 2 aliphatic rings. The van der Waals surface area contributed by atoms with E-state index in [1.807, 2.05) is 13.8 Å². The summed E-state index contributed by atoms with van der Waals surface area (Å²) in [6.07, 6.45) is 6.57. The highest BCUT2D eigenvalue weighted by Crippen LogP contribution is 2.62. The molecule has 0 radical (unpaired) electrons. The maximum atomic E-state index is 12.0. The Morgan fingerprint density at radius 2 is 1.96 bits per heavy atom. The lowest BCUT2D eigenvalue weighted by atomic mass is 9.46. The lowest BCUT2D eigenvalue weighted by molar-refractivity contribution is -0.164. The Morgan fingerprint density at radius 1 is 1.29 bits per heavy atom. The third-order valence-corrected chi connectivity index (χ3v) is 6.98. The Bertz CT molecular complexity index is 526. The van der Waals surface area contributed by atoms with E-state index in [2.05, 4.69) is 13.5 Å². The fourth-order valence-corrected chi connectivity index (χ4v) is 5.59. The molecular weight excluding hydrogens is 304 g/mol. The molecule has 5 atom stereocenters. The van der Waals surface area contributed by atoms with Crippen LogP contribution in [0.25, 0.3) is 0 Å². The second-order valence-corrected chi connectivity index (χ2v) is 8.66. The summed E-state index contributed by atoms with van der Waals surface area (Å²) < 4.78 is 0. The normalized spacial score (nSPS) is 37.5. The second-order valence-electron chi connectivity index (χ2n) is 8.66. The minimum absolute atomic E-state index is 0.0241. The summed E-state index contributed by atoms with van der Waals surface area (Å²) in [7, 11) is 0. The van der Waals surface area contributed by atoms with Crippen LogP contribution in [-0.4, -0.2) is 22.2 Å². The van der Waals surface area contributed by atoms with Gasteiger partial charge in [-0.05, 0) is 68.6 Å². The van der Waals surface area contributed by atoms with Crippen LogP contribution < -0.4 is 0 Å². The van der Waals surface area contributed by atoms with Gasteiger partial charge in [-0.1, -0.05) is 32.4 Å². The van der Waals surface area contributed by atoms with Gasteiger partial charge >= 0.3 is 11.9 Å². The number of carboxylic acids is 2. The molecule has 2 fully saturated rings. The molecule has 0 aromatic rings. The Morgan fingerprint density at radius 3 is 2.54 bits per heavy atom. The minimum Gasteiger partial charge on any atom is -0.481 e. The van der Waals surface area contributed by atoms with Gasteiger partial charge in [0.15, 0.2) is 0 Å². The van der Waals surface area contributed by atoms with Crippen molar-refractivity contribution in [3.05, 3.63) is 12.2 Å². The van der Waals surface area contributed by atoms with Gasteiger partial charge in [0.1, 0.15) is 0 Å². The van der Waals surface area contributed by atoms with Gasteiger partial charge in [-0.15, -0.1) is 0 Å². The smallest absolute Gasteiger partial charge is 0.309 e. The van der Waals surface area contributed by atoms with E-state index < -0.39 is 17.4 Å². The molecule has 4 heteroatoms. The maximum absolute atomic E-state index is 12.0. The molecule has 136 valence electrons. The van der Waals surface area contributed by atoms with Crippen LogP contribution in [0.15, 0.2) is 12.2 Å². The molecule has 4 nitrogen and oxygen atoms in total. The fraction of sp³-hybridized carbons (Fsp3) is 0.800. The largest absolute Gasteiger partial charge is 0.481 e. The van der Waals surface area contributed by atoms with E-state index in [1.54, 1.807) is 0 Å². The van der Waals surface area contributed by atoms with Crippen molar-refractivity contribution < 1.29 is 19.8 Å². The summed E-state index contributed by atoms with van der Waals surface area (Å²) in [4.78, 5) is 22.9. The van der Waals surface area contributed by atoms with Crippen LogP contribution >= 0.6 is 0 Å². The van der Waals surface area contributed by atoms with Crippen LogP contribution in [0, 0.1) is 28.6 Å². The SMILES string of the molecule is C=C1CC[C@H]2[C@](C)(CCC[C@]2(C)C(=O)O)[C@H]1CC[C@H](C)CC(=O)O. The number of rotatable bonds is 6. The van der Waals surface area contributed by atoms with Gasteiger partial charge in [0.2, 0.25) is 0 Å². The molecule has 0 aromatic heterocycles. The quantitative estimate of drug-likeness (QED) is 0.687. The number of hydrogen-bond donors (Lipinski definition) is 2. The van der Waals surface area contributed by atoms with Crippen molar-refractivity contribution in [3.63, 3.8) is 0 Å². The molecule has 2 aliphatic carbocycles. The monoisotopic (exact) mass is 336 g/mol. The summed E-state index contributed by atoms with van der Waals surface area (Å²) in [5, 5.41) is 18.8. The summed E-state index contributed by atoms with van der Waals surface area (Å²) >= 11 is 0. The molecule has 2 rings (SSSR count). The predicted molar refractivity (Wildman–Crippen MR) is 93.7 cm³/mol. The number of allylic oxidation sites excluding steroid dienone is 1. The molecule has 0 aromatic carbocycles. The van der Waals surface area contributed by atoms with Crippen LogP contribution in [0.4, 0.5) is 0 Å². The summed E-state index contributed by atoms with van der Waals surface area (Å²) in [6, 6.07) is 0. The van der Waals surface area contributed by atoms with E-state index in [9.17, 15) is 14.7 Å². The number of aliphatic carboxylic acids is 2. The molecule has 2 N–H and O–H groups in total. The minimum atomic E-state index is -0.745. The predicted octanol–water partition coefficient (Wildman–Crippen LogP) is 4.74. The standard InChI is InChI=1S/C20H32O4/c1-13(12-17(21)22)6-8-15-14(2)7-9-16-19(15,3)10-5-11-20(16,4)18(23)24/h13,15-16H,2,5-12H2,1,3-4H3,(H,21,22)(H,23,24)/t13-,15-,16-,19+,20-/m0/s1. The highest BCUT2D eigenvalue weighted by molar-refractivity contribution is 5.75. The molecule has 0 heterocycles. The van der Waals surface area contributed by atoms with Crippen molar-refractivity contribution in [3.8, 4) is 0 Å². The van der Waals surface area contributed by atoms with E-state index in [-0.39, 0.29) is 23.7 Å². The summed E-state index contributed by atoms with van der Waals surface area (Å²) in [6.45, 7) is 10.5. The first-order valence-electron chi connectivity index (χ1n) is 9.24. The topological polar surface area (TPSA) is 74.6 Å².